The topological polar surface area (TPSA) is 88.6 Å². The third-order valence-electron chi connectivity index (χ3n) is 5.51. The number of benzene rings is 1. The van der Waals surface area contributed by atoms with Gasteiger partial charge in [-0.2, -0.15) is 5.26 Å². The molecule has 1 aliphatic carbocycles. The second-order valence-corrected chi connectivity index (χ2v) is 9.09. The highest BCUT2D eigenvalue weighted by molar-refractivity contribution is 9.10. The minimum atomic E-state index is -0.551. The van der Waals surface area contributed by atoms with Crippen molar-refractivity contribution in [2.45, 2.75) is 32.6 Å². The number of nitrogens with zero attached hydrogens (tertiary/aromatic N) is 2. The van der Waals surface area contributed by atoms with Crippen molar-refractivity contribution >= 4 is 21.7 Å². The Bertz CT molecular complexity index is 943. The van der Waals surface area contributed by atoms with Gasteiger partial charge in [0.25, 0.3) is 0 Å². The lowest BCUT2D eigenvalue weighted by atomic mass is 9.68. The van der Waals surface area contributed by atoms with Crippen LogP contribution in [-0.2, 0) is 9.53 Å². The van der Waals surface area contributed by atoms with E-state index >= 15 is 0 Å². The summed E-state index contributed by atoms with van der Waals surface area (Å²) in [6.07, 6.45) is 1.12. The number of ether oxygens (including phenoxy) is 2. The molecule has 2 aliphatic rings. The number of carbonyl (C=O) groups is 1. The maximum Gasteiger partial charge on any atom is 0.162 e. The van der Waals surface area contributed by atoms with Gasteiger partial charge in [-0.3, -0.25) is 4.79 Å². The molecule has 2 N–H and O–H groups in total. The van der Waals surface area contributed by atoms with E-state index in [1.165, 1.54) is 0 Å². The van der Waals surface area contributed by atoms with Gasteiger partial charge in [-0.15, -0.1) is 0 Å². The third kappa shape index (κ3) is 3.92. The average Bonchev–Trinajstić information content (AvgIpc) is 2.65. The molecule has 0 radical (unpaired) electrons. The molecule has 0 amide bonds. The van der Waals surface area contributed by atoms with E-state index in [0.29, 0.717) is 48.7 Å². The van der Waals surface area contributed by atoms with E-state index in [2.05, 4.69) is 35.8 Å². The van der Waals surface area contributed by atoms with Crippen LogP contribution in [-0.4, -0.2) is 38.1 Å². The molecule has 0 spiro atoms. The number of hydrogen-bond donors (Lipinski definition) is 1. The summed E-state index contributed by atoms with van der Waals surface area (Å²) in [5.74, 6) is 0.491. The Kier molecular flexibility index (Phi) is 6.06. The van der Waals surface area contributed by atoms with Crippen molar-refractivity contribution in [3.63, 3.8) is 0 Å². The van der Waals surface area contributed by atoms with E-state index in [-0.39, 0.29) is 11.2 Å². The van der Waals surface area contributed by atoms with Gasteiger partial charge >= 0.3 is 0 Å². The number of hydrogen-bond acceptors (Lipinski definition) is 6. The van der Waals surface area contributed by atoms with E-state index in [0.717, 1.165) is 15.7 Å². The van der Waals surface area contributed by atoms with Crippen molar-refractivity contribution in [3.8, 4) is 11.8 Å². The van der Waals surface area contributed by atoms with Gasteiger partial charge in [0.05, 0.1) is 31.3 Å². The molecule has 29 heavy (non-hydrogen) atoms. The average molecular weight is 460 g/mol. The molecule has 1 heterocycles. The summed E-state index contributed by atoms with van der Waals surface area (Å²) < 4.78 is 11.7. The van der Waals surface area contributed by atoms with E-state index < -0.39 is 5.92 Å². The molecular weight excluding hydrogens is 434 g/mol. The molecule has 3 rings (SSSR count). The summed E-state index contributed by atoms with van der Waals surface area (Å²) in [6, 6.07) is 7.87. The van der Waals surface area contributed by atoms with Crippen LogP contribution in [0.5, 0.6) is 5.75 Å². The SMILES string of the molecule is COCCN1C(N)=C(C#N)[C@H](c2cc(Br)ccc2OC)C2=C1CC(C)(C)CC2=O. The molecule has 7 heteroatoms. The van der Waals surface area contributed by atoms with Crippen molar-refractivity contribution in [2.75, 3.05) is 27.4 Å². The van der Waals surface area contributed by atoms with Crippen molar-refractivity contribution in [2.24, 2.45) is 11.1 Å². The van der Waals surface area contributed by atoms with Gasteiger partial charge < -0.3 is 20.1 Å². The summed E-state index contributed by atoms with van der Waals surface area (Å²) in [7, 11) is 3.20. The molecule has 0 bridgehead atoms. The van der Waals surface area contributed by atoms with Crippen molar-refractivity contribution in [1.29, 1.82) is 5.26 Å². The number of methoxy groups -OCH3 is 2. The van der Waals surface area contributed by atoms with Gasteiger partial charge in [0.2, 0.25) is 0 Å². The number of allylic oxidation sites excluding steroid dienone is 3. The van der Waals surface area contributed by atoms with Crippen molar-refractivity contribution < 1.29 is 14.3 Å². The zero-order chi connectivity index (χ0) is 21.3. The van der Waals surface area contributed by atoms with Crippen LogP contribution in [0.15, 0.2) is 45.3 Å². The van der Waals surface area contributed by atoms with Crippen LogP contribution in [0.2, 0.25) is 0 Å². The van der Waals surface area contributed by atoms with Crippen LogP contribution in [0.3, 0.4) is 0 Å². The number of ketones is 1. The zero-order valence-electron chi connectivity index (χ0n) is 17.2. The first-order chi connectivity index (χ1) is 13.7. The summed E-state index contributed by atoms with van der Waals surface area (Å²) in [6.45, 7) is 5.09. The number of rotatable bonds is 5. The Morgan fingerprint density at radius 3 is 2.69 bits per heavy atom. The Labute approximate surface area is 180 Å². The predicted octanol–water partition coefficient (Wildman–Crippen LogP) is 3.84. The third-order valence-corrected chi connectivity index (χ3v) is 6.00. The molecule has 1 aromatic carbocycles. The molecule has 1 aliphatic heterocycles. The summed E-state index contributed by atoms with van der Waals surface area (Å²) in [4.78, 5) is 15.2. The van der Waals surface area contributed by atoms with Crippen LogP contribution in [0.1, 0.15) is 38.2 Å². The summed E-state index contributed by atoms with van der Waals surface area (Å²) in [5.41, 5.74) is 8.96. The van der Waals surface area contributed by atoms with Crippen LogP contribution < -0.4 is 10.5 Å². The molecule has 0 unspecified atom stereocenters. The van der Waals surface area contributed by atoms with Gasteiger partial charge in [-0.25, -0.2) is 0 Å². The first kappa shape index (κ1) is 21.4. The lowest BCUT2D eigenvalue weighted by Crippen LogP contribution is -2.43. The number of nitrogens with two attached hydrogens (primary N) is 1. The molecule has 154 valence electrons. The molecule has 0 saturated carbocycles. The highest BCUT2D eigenvalue weighted by Gasteiger charge is 2.44. The Balaban J connectivity index is 2.28. The second-order valence-electron chi connectivity index (χ2n) is 8.18. The first-order valence-electron chi connectivity index (χ1n) is 9.50. The molecular formula is C22H26BrN3O3. The largest absolute Gasteiger partial charge is 0.496 e. The zero-order valence-corrected chi connectivity index (χ0v) is 18.8. The summed E-state index contributed by atoms with van der Waals surface area (Å²) in [5, 5.41) is 10.0. The van der Waals surface area contributed by atoms with Crippen LogP contribution >= 0.6 is 15.9 Å². The monoisotopic (exact) mass is 459 g/mol. The van der Waals surface area contributed by atoms with E-state index in [1.54, 1.807) is 14.2 Å². The smallest absolute Gasteiger partial charge is 0.162 e. The fourth-order valence-electron chi connectivity index (χ4n) is 4.25. The van der Waals surface area contributed by atoms with Crippen molar-refractivity contribution in [3.05, 3.63) is 50.9 Å². The molecule has 0 fully saturated rings. The Morgan fingerprint density at radius 1 is 1.34 bits per heavy atom. The molecule has 1 atom stereocenters. The number of nitriles is 1. The van der Waals surface area contributed by atoms with Gasteiger partial charge in [-0.05, 0) is 30.0 Å². The second kappa shape index (κ2) is 8.21. The molecule has 0 saturated heterocycles. The fourth-order valence-corrected chi connectivity index (χ4v) is 4.63. The molecule has 6 nitrogen and oxygen atoms in total. The van der Waals surface area contributed by atoms with E-state index in [1.807, 2.05) is 23.1 Å². The number of Topliss-reactive ketones (excluding diaryl/α,β-unsaturated/α-hetero) is 1. The molecule has 1 aromatic rings. The van der Waals surface area contributed by atoms with Crippen LogP contribution in [0, 0.1) is 16.7 Å². The van der Waals surface area contributed by atoms with E-state index in [9.17, 15) is 10.1 Å². The van der Waals surface area contributed by atoms with Gasteiger partial charge in [-0.1, -0.05) is 29.8 Å². The maximum atomic E-state index is 13.4. The van der Waals surface area contributed by atoms with Gasteiger partial charge in [0.15, 0.2) is 5.78 Å². The number of halogens is 1. The van der Waals surface area contributed by atoms with Crippen LogP contribution in [0.4, 0.5) is 0 Å². The fraction of sp³-hybridized carbons (Fsp3) is 0.455. The minimum absolute atomic E-state index is 0.0472. The highest BCUT2D eigenvalue weighted by Crippen LogP contribution is 2.50. The maximum absolute atomic E-state index is 13.4. The van der Waals surface area contributed by atoms with Gasteiger partial charge in [0, 0.05) is 41.4 Å². The normalized spacial score (nSPS) is 21.2. The quantitative estimate of drug-likeness (QED) is 0.719. The Morgan fingerprint density at radius 2 is 2.07 bits per heavy atom. The highest BCUT2D eigenvalue weighted by atomic mass is 79.9. The van der Waals surface area contributed by atoms with Crippen molar-refractivity contribution in [1.82, 2.24) is 4.90 Å². The van der Waals surface area contributed by atoms with E-state index in [4.69, 9.17) is 15.2 Å². The standard InChI is InChI=1S/C22H26BrN3O3/c1-22(2)10-16-20(17(27)11-22)19(14-9-13(23)5-6-18(14)29-4)15(12-24)21(25)26(16)7-8-28-3/h5-6,9,19H,7-8,10-11,25H2,1-4H3/t19-/m0/s1. The van der Waals surface area contributed by atoms with Crippen LogP contribution in [0.25, 0.3) is 0 Å². The summed E-state index contributed by atoms with van der Waals surface area (Å²) >= 11 is 3.50. The number of carbonyl (C=O) groups excluding carboxylic acids is 1. The first-order valence-corrected chi connectivity index (χ1v) is 10.3. The lowest BCUT2D eigenvalue weighted by Gasteiger charge is -2.44. The Hall–Kier alpha value is -2.30. The lowest BCUT2D eigenvalue weighted by molar-refractivity contribution is -0.118. The molecule has 0 aromatic heterocycles. The predicted molar refractivity (Wildman–Crippen MR) is 114 cm³/mol. The minimum Gasteiger partial charge on any atom is -0.496 e. The van der Waals surface area contributed by atoms with Gasteiger partial charge in [0.1, 0.15) is 11.6 Å².